The first-order valence-electron chi connectivity index (χ1n) is 5.39. The Hall–Kier alpha value is -2.09. The maximum absolute atomic E-state index is 13.0. The summed E-state index contributed by atoms with van der Waals surface area (Å²) in [7, 11) is -2.31. The summed E-state index contributed by atoms with van der Waals surface area (Å²) in [6.45, 7) is 1.59. The lowest BCUT2D eigenvalue weighted by atomic mass is 10.3. The fraction of sp³-hybridized carbons (Fsp3) is 0.182. The molecule has 19 heavy (non-hydrogen) atoms. The molecule has 0 amide bonds. The molecule has 8 heteroatoms. The van der Waals surface area contributed by atoms with Crippen LogP contribution in [0.5, 0.6) is 0 Å². The smallest absolute Gasteiger partial charge is 0.267 e. The maximum atomic E-state index is 13.0. The Morgan fingerprint density at radius 3 is 2.63 bits per heavy atom. The number of aryl methyl sites for hydroxylation is 1. The summed E-state index contributed by atoms with van der Waals surface area (Å²) in [5.41, 5.74) is 6.12. The second kappa shape index (κ2) is 4.54. The van der Waals surface area contributed by atoms with Gasteiger partial charge in [-0.2, -0.15) is 5.10 Å². The SMILES string of the molecule is Cc1c(S(=O)(=O)Nc2cccc(F)c2)c(N)nn1C. The number of anilines is 2. The highest BCUT2D eigenvalue weighted by molar-refractivity contribution is 7.93. The van der Waals surface area contributed by atoms with Crippen molar-refractivity contribution in [1.82, 2.24) is 9.78 Å². The van der Waals surface area contributed by atoms with E-state index in [9.17, 15) is 12.8 Å². The lowest BCUT2D eigenvalue weighted by molar-refractivity contribution is 0.600. The van der Waals surface area contributed by atoms with Crippen LogP contribution in [0.4, 0.5) is 15.9 Å². The van der Waals surface area contributed by atoms with Crippen molar-refractivity contribution in [2.24, 2.45) is 7.05 Å². The molecule has 2 rings (SSSR count). The van der Waals surface area contributed by atoms with E-state index < -0.39 is 15.8 Å². The highest BCUT2D eigenvalue weighted by Gasteiger charge is 2.24. The molecule has 0 unspecified atom stereocenters. The Morgan fingerprint density at radius 1 is 1.42 bits per heavy atom. The summed E-state index contributed by atoms with van der Waals surface area (Å²) in [6.07, 6.45) is 0. The van der Waals surface area contributed by atoms with Crippen LogP contribution >= 0.6 is 0 Å². The van der Waals surface area contributed by atoms with Crippen LogP contribution in [0.15, 0.2) is 29.2 Å². The summed E-state index contributed by atoms with van der Waals surface area (Å²) >= 11 is 0. The largest absolute Gasteiger partial charge is 0.381 e. The van der Waals surface area contributed by atoms with Gasteiger partial charge in [-0.05, 0) is 25.1 Å². The van der Waals surface area contributed by atoms with Gasteiger partial charge < -0.3 is 5.73 Å². The van der Waals surface area contributed by atoms with Gasteiger partial charge in [0.15, 0.2) is 10.7 Å². The molecule has 0 bridgehead atoms. The summed E-state index contributed by atoms with van der Waals surface area (Å²) in [5, 5.41) is 3.84. The van der Waals surface area contributed by atoms with Gasteiger partial charge >= 0.3 is 0 Å². The lowest BCUT2D eigenvalue weighted by Gasteiger charge is -2.08. The third-order valence-corrected chi connectivity index (χ3v) is 4.20. The van der Waals surface area contributed by atoms with Gasteiger partial charge in [-0.25, -0.2) is 12.8 Å². The molecule has 0 aliphatic heterocycles. The summed E-state index contributed by atoms with van der Waals surface area (Å²) in [5.74, 6) is -0.625. The first-order chi connectivity index (χ1) is 8.81. The quantitative estimate of drug-likeness (QED) is 0.887. The van der Waals surface area contributed by atoms with Gasteiger partial charge in [0, 0.05) is 7.05 Å². The third-order valence-electron chi connectivity index (χ3n) is 2.65. The highest BCUT2D eigenvalue weighted by Crippen LogP contribution is 2.24. The molecule has 102 valence electrons. The molecule has 0 atom stereocenters. The summed E-state index contributed by atoms with van der Waals surface area (Å²) in [4.78, 5) is -0.0979. The lowest BCUT2D eigenvalue weighted by Crippen LogP contribution is -2.15. The number of sulfonamides is 1. The first-order valence-corrected chi connectivity index (χ1v) is 6.87. The van der Waals surface area contributed by atoms with Crippen molar-refractivity contribution in [3.63, 3.8) is 0 Å². The van der Waals surface area contributed by atoms with Gasteiger partial charge in [-0.1, -0.05) is 6.07 Å². The predicted octanol–water partition coefficient (Wildman–Crippen LogP) is 1.25. The molecule has 0 fully saturated rings. The number of hydrogen-bond donors (Lipinski definition) is 2. The molecule has 1 aromatic carbocycles. The number of rotatable bonds is 3. The van der Waals surface area contributed by atoms with Crippen molar-refractivity contribution >= 4 is 21.5 Å². The molecule has 1 heterocycles. The number of nitrogens with zero attached hydrogens (tertiary/aromatic N) is 2. The second-order valence-corrected chi connectivity index (χ2v) is 5.66. The van der Waals surface area contributed by atoms with Crippen LogP contribution in [0.25, 0.3) is 0 Å². The molecular weight excluding hydrogens is 271 g/mol. The molecule has 2 aromatic rings. The van der Waals surface area contributed by atoms with Crippen LogP contribution in [0.1, 0.15) is 5.69 Å². The Morgan fingerprint density at radius 2 is 2.11 bits per heavy atom. The minimum Gasteiger partial charge on any atom is -0.381 e. The first kappa shape index (κ1) is 13.3. The van der Waals surface area contributed by atoms with E-state index in [1.165, 1.54) is 22.9 Å². The molecule has 0 aliphatic carbocycles. The van der Waals surface area contributed by atoms with Crippen molar-refractivity contribution < 1.29 is 12.8 Å². The monoisotopic (exact) mass is 284 g/mol. The fourth-order valence-electron chi connectivity index (χ4n) is 1.70. The molecule has 0 saturated carbocycles. The van der Waals surface area contributed by atoms with Crippen molar-refractivity contribution in [3.05, 3.63) is 35.8 Å². The summed E-state index contributed by atoms with van der Waals surface area (Å²) in [6, 6.07) is 5.16. The molecule has 6 nitrogen and oxygen atoms in total. The minimum absolute atomic E-state index is 0.0936. The molecule has 0 spiro atoms. The highest BCUT2D eigenvalue weighted by atomic mass is 32.2. The number of nitrogens with one attached hydrogen (secondary N) is 1. The standard InChI is InChI=1S/C11H13FN4O2S/c1-7-10(11(13)14-16(7)2)19(17,18)15-9-5-3-4-8(12)6-9/h3-6,15H,1-2H3,(H2,13,14). The second-order valence-electron chi connectivity index (χ2n) is 4.04. The Balaban J connectivity index is 2.44. The predicted molar refractivity (Wildman–Crippen MR) is 69.6 cm³/mol. The van der Waals surface area contributed by atoms with Crippen LogP contribution in [-0.2, 0) is 17.1 Å². The van der Waals surface area contributed by atoms with E-state index >= 15 is 0 Å². The van der Waals surface area contributed by atoms with E-state index in [1.54, 1.807) is 14.0 Å². The van der Waals surface area contributed by atoms with Crippen LogP contribution in [0, 0.1) is 12.7 Å². The maximum Gasteiger partial charge on any atom is 0.267 e. The number of hydrogen-bond acceptors (Lipinski definition) is 4. The Kier molecular flexibility index (Phi) is 3.19. The Bertz CT molecular complexity index is 724. The fourth-order valence-corrected chi connectivity index (χ4v) is 3.08. The molecule has 0 aliphatic rings. The zero-order valence-corrected chi connectivity index (χ0v) is 11.2. The summed E-state index contributed by atoms with van der Waals surface area (Å²) < 4.78 is 41.1. The number of nitrogen functional groups attached to an aromatic ring is 1. The van der Waals surface area contributed by atoms with E-state index in [1.807, 2.05) is 0 Å². The number of benzene rings is 1. The molecule has 0 saturated heterocycles. The average Bonchev–Trinajstić information content (AvgIpc) is 2.52. The van der Waals surface area contributed by atoms with Crippen molar-refractivity contribution in [2.45, 2.75) is 11.8 Å². The number of nitrogens with two attached hydrogens (primary N) is 1. The topological polar surface area (TPSA) is 90.0 Å². The Labute approximate surface area is 110 Å². The van der Waals surface area contributed by atoms with Crippen LogP contribution in [0.2, 0.25) is 0 Å². The van der Waals surface area contributed by atoms with Crippen LogP contribution in [-0.4, -0.2) is 18.2 Å². The number of aromatic nitrogens is 2. The van der Waals surface area contributed by atoms with Gasteiger partial charge in [-0.15, -0.1) is 0 Å². The van der Waals surface area contributed by atoms with Gasteiger partial charge in [0.25, 0.3) is 10.0 Å². The van der Waals surface area contributed by atoms with E-state index in [-0.39, 0.29) is 16.4 Å². The van der Waals surface area contributed by atoms with Gasteiger partial charge in [0.2, 0.25) is 0 Å². The molecule has 1 aromatic heterocycles. The molecular formula is C11H13FN4O2S. The normalized spacial score (nSPS) is 11.5. The minimum atomic E-state index is -3.90. The van der Waals surface area contributed by atoms with Crippen molar-refractivity contribution in [1.29, 1.82) is 0 Å². The van der Waals surface area contributed by atoms with E-state index in [4.69, 9.17) is 5.73 Å². The van der Waals surface area contributed by atoms with Crippen LogP contribution in [0.3, 0.4) is 0 Å². The zero-order chi connectivity index (χ0) is 14.2. The van der Waals surface area contributed by atoms with Crippen molar-refractivity contribution in [3.8, 4) is 0 Å². The zero-order valence-electron chi connectivity index (χ0n) is 10.4. The van der Waals surface area contributed by atoms with Crippen molar-refractivity contribution in [2.75, 3.05) is 10.5 Å². The van der Waals surface area contributed by atoms with Gasteiger partial charge in [0.1, 0.15) is 5.82 Å². The van der Waals surface area contributed by atoms with E-state index in [0.29, 0.717) is 5.69 Å². The average molecular weight is 284 g/mol. The van der Waals surface area contributed by atoms with Gasteiger partial charge in [-0.3, -0.25) is 9.40 Å². The van der Waals surface area contributed by atoms with Gasteiger partial charge in [0.05, 0.1) is 11.4 Å². The molecule has 0 radical (unpaired) electrons. The van der Waals surface area contributed by atoms with E-state index in [2.05, 4.69) is 9.82 Å². The van der Waals surface area contributed by atoms with E-state index in [0.717, 1.165) is 6.07 Å². The third kappa shape index (κ3) is 2.53. The molecule has 3 N–H and O–H groups in total. The van der Waals surface area contributed by atoms with Crippen LogP contribution < -0.4 is 10.5 Å². The number of halogens is 1.